The van der Waals surface area contributed by atoms with Gasteiger partial charge in [-0.3, -0.25) is 0 Å². The second-order valence-corrected chi connectivity index (χ2v) is 6.92. The highest BCUT2D eigenvalue weighted by molar-refractivity contribution is 6.35. The number of amides is 2. The van der Waals surface area contributed by atoms with Crippen LogP contribution in [-0.2, 0) is 5.41 Å². The number of hydrogen-bond donors (Lipinski definition) is 2. The molecule has 3 rings (SSSR count). The molecule has 5 heteroatoms. The summed E-state index contributed by atoms with van der Waals surface area (Å²) in [5.41, 5.74) is 3.11. The fourth-order valence-corrected chi connectivity index (χ4v) is 2.97. The third kappa shape index (κ3) is 3.80. The third-order valence-electron chi connectivity index (χ3n) is 4.28. The summed E-state index contributed by atoms with van der Waals surface area (Å²) < 4.78 is 0. The van der Waals surface area contributed by atoms with Crippen molar-refractivity contribution in [1.82, 2.24) is 5.32 Å². The third-order valence-corrected chi connectivity index (χ3v) is 4.85. The topological polar surface area (TPSA) is 41.1 Å². The Bertz CT molecular complexity index is 724. The molecule has 0 spiro atoms. The summed E-state index contributed by atoms with van der Waals surface area (Å²) >= 11 is 12.0. The van der Waals surface area contributed by atoms with Crippen molar-refractivity contribution in [2.45, 2.75) is 25.2 Å². The molecular weight excluding hydrogens is 331 g/mol. The molecule has 0 aliphatic heterocycles. The van der Waals surface area contributed by atoms with Gasteiger partial charge in [0.2, 0.25) is 0 Å². The van der Waals surface area contributed by atoms with E-state index in [4.69, 9.17) is 23.2 Å². The Labute approximate surface area is 146 Å². The lowest BCUT2D eigenvalue weighted by Crippen LogP contribution is -2.35. The van der Waals surface area contributed by atoms with Crippen LogP contribution in [0.1, 0.15) is 24.0 Å². The van der Waals surface area contributed by atoms with E-state index in [2.05, 4.69) is 41.8 Å². The molecule has 2 N–H and O–H groups in total. The molecule has 1 fully saturated rings. The summed E-state index contributed by atoms with van der Waals surface area (Å²) in [4.78, 5) is 12.1. The molecule has 0 aromatic heterocycles. The second kappa shape index (κ2) is 6.42. The minimum Gasteiger partial charge on any atom is -0.337 e. The van der Waals surface area contributed by atoms with E-state index in [1.807, 2.05) is 0 Å². The van der Waals surface area contributed by atoms with E-state index < -0.39 is 0 Å². The summed E-state index contributed by atoms with van der Waals surface area (Å²) in [6, 6.07) is 13.2. The highest BCUT2D eigenvalue weighted by Gasteiger charge is 2.44. The lowest BCUT2D eigenvalue weighted by atomic mass is 9.95. The van der Waals surface area contributed by atoms with Gasteiger partial charge in [-0.2, -0.15) is 0 Å². The van der Waals surface area contributed by atoms with Crippen LogP contribution in [0, 0.1) is 6.92 Å². The first-order chi connectivity index (χ1) is 11.0. The van der Waals surface area contributed by atoms with Crippen LogP contribution in [0.15, 0.2) is 42.5 Å². The molecule has 0 unspecified atom stereocenters. The number of rotatable bonds is 4. The molecule has 2 amide bonds. The van der Waals surface area contributed by atoms with Gasteiger partial charge in [0.25, 0.3) is 0 Å². The highest BCUT2D eigenvalue weighted by Crippen LogP contribution is 2.47. The molecule has 120 valence electrons. The molecule has 1 saturated carbocycles. The maximum atomic E-state index is 12.1. The Balaban J connectivity index is 1.61. The van der Waals surface area contributed by atoms with Crippen LogP contribution >= 0.6 is 23.2 Å². The van der Waals surface area contributed by atoms with Crippen LogP contribution in [0.3, 0.4) is 0 Å². The van der Waals surface area contributed by atoms with Crippen LogP contribution in [-0.4, -0.2) is 12.6 Å². The number of carbonyl (C=O) groups excluding carboxylic acids is 1. The zero-order valence-electron chi connectivity index (χ0n) is 12.8. The maximum absolute atomic E-state index is 12.1. The van der Waals surface area contributed by atoms with Gasteiger partial charge < -0.3 is 10.6 Å². The Morgan fingerprint density at radius 2 is 1.83 bits per heavy atom. The molecule has 0 radical (unpaired) electrons. The van der Waals surface area contributed by atoms with Crippen LogP contribution < -0.4 is 10.6 Å². The van der Waals surface area contributed by atoms with Gasteiger partial charge in [0.1, 0.15) is 0 Å². The number of anilines is 1. The van der Waals surface area contributed by atoms with Gasteiger partial charge >= 0.3 is 6.03 Å². The standard InChI is InChI=1S/C18H18Cl2N2O/c1-12-2-4-13(5-3-12)18(8-9-18)11-21-17(23)22-16-10-14(19)6-7-15(16)20/h2-7,10H,8-9,11H2,1H3,(H2,21,22,23). The van der Waals surface area contributed by atoms with Crippen molar-refractivity contribution < 1.29 is 4.79 Å². The smallest absolute Gasteiger partial charge is 0.319 e. The molecule has 0 atom stereocenters. The molecule has 2 aromatic rings. The van der Waals surface area contributed by atoms with Crippen LogP contribution in [0.5, 0.6) is 0 Å². The fourth-order valence-electron chi connectivity index (χ4n) is 2.63. The Morgan fingerprint density at radius 3 is 2.48 bits per heavy atom. The van der Waals surface area contributed by atoms with E-state index in [0.29, 0.717) is 22.3 Å². The van der Waals surface area contributed by atoms with Crippen molar-refractivity contribution in [3.05, 3.63) is 63.6 Å². The van der Waals surface area contributed by atoms with Crippen LogP contribution in [0.4, 0.5) is 10.5 Å². The minimum absolute atomic E-state index is 0.0726. The van der Waals surface area contributed by atoms with Crippen molar-refractivity contribution in [3.63, 3.8) is 0 Å². The first kappa shape index (κ1) is 16.2. The van der Waals surface area contributed by atoms with E-state index in [0.717, 1.165) is 12.8 Å². The van der Waals surface area contributed by atoms with Crippen molar-refractivity contribution in [2.24, 2.45) is 0 Å². The average molecular weight is 349 g/mol. The molecule has 0 heterocycles. The first-order valence-electron chi connectivity index (χ1n) is 7.56. The quantitative estimate of drug-likeness (QED) is 0.787. The molecule has 1 aliphatic rings. The van der Waals surface area contributed by atoms with Crippen molar-refractivity contribution in [1.29, 1.82) is 0 Å². The van der Waals surface area contributed by atoms with Crippen molar-refractivity contribution in [2.75, 3.05) is 11.9 Å². The van der Waals surface area contributed by atoms with E-state index >= 15 is 0 Å². The summed E-state index contributed by atoms with van der Waals surface area (Å²) in [6.45, 7) is 2.68. The van der Waals surface area contributed by atoms with E-state index in [1.54, 1.807) is 18.2 Å². The predicted molar refractivity (Wildman–Crippen MR) is 95.6 cm³/mol. The number of nitrogens with one attached hydrogen (secondary N) is 2. The monoisotopic (exact) mass is 348 g/mol. The van der Waals surface area contributed by atoms with Gasteiger partial charge in [-0.25, -0.2) is 4.79 Å². The Hall–Kier alpha value is -1.71. The number of carbonyl (C=O) groups is 1. The molecular formula is C18H18Cl2N2O. The molecule has 3 nitrogen and oxygen atoms in total. The molecule has 0 bridgehead atoms. The SMILES string of the molecule is Cc1ccc(C2(CNC(=O)Nc3cc(Cl)ccc3Cl)CC2)cc1. The van der Waals surface area contributed by atoms with E-state index in [1.165, 1.54) is 11.1 Å². The normalized spacial score (nSPS) is 15.1. The Morgan fingerprint density at radius 1 is 1.13 bits per heavy atom. The molecule has 23 heavy (non-hydrogen) atoms. The van der Waals surface area contributed by atoms with E-state index in [-0.39, 0.29) is 11.4 Å². The second-order valence-electron chi connectivity index (χ2n) is 6.08. The number of aryl methyl sites for hydroxylation is 1. The van der Waals surface area contributed by atoms with Crippen LogP contribution in [0.25, 0.3) is 0 Å². The minimum atomic E-state index is -0.271. The first-order valence-corrected chi connectivity index (χ1v) is 8.31. The van der Waals surface area contributed by atoms with Gasteiger partial charge in [-0.05, 0) is 43.5 Å². The van der Waals surface area contributed by atoms with Crippen molar-refractivity contribution >= 4 is 34.9 Å². The van der Waals surface area contributed by atoms with Gasteiger partial charge in [-0.15, -0.1) is 0 Å². The lowest BCUT2D eigenvalue weighted by molar-refractivity contribution is 0.251. The summed E-state index contributed by atoms with van der Waals surface area (Å²) in [5, 5.41) is 6.68. The number of urea groups is 1. The summed E-state index contributed by atoms with van der Waals surface area (Å²) in [6.07, 6.45) is 2.18. The average Bonchev–Trinajstić information content (AvgIpc) is 3.31. The van der Waals surface area contributed by atoms with Gasteiger partial charge in [0, 0.05) is 17.0 Å². The number of halogens is 2. The fraction of sp³-hybridized carbons (Fsp3) is 0.278. The van der Waals surface area contributed by atoms with Gasteiger partial charge in [0.15, 0.2) is 0 Å². The predicted octanol–water partition coefficient (Wildman–Crippen LogP) is 5.16. The lowest BCUT2D eigenvalue weighted by Gasteiger charge is -2.17. The summed E-state index contributed by atoms with van der Waals surface area (Å²) in [7, 11) is 0. The zero-order chi connectivity index (χ0) is 16.4. The number of benzene rings is 2. The largest absolute Gasteiger partial charge is 0.337 e. The maximum Gasteiger partial charge on any atom is 0.319 e. The van der Waals surface area contributed by atoms with Crippen LogP contribution in [0.2, 0.25) is 10.0 Å². The molecule has 2 aromatic carbocycles. The van der Waals surface area contributed by atoms with Gasteiger partial charge in [-0.1, -0.05) is 53.0 Å². The highest BCUT2D eigenvalue weighted by atomic mass is 35.5. The zero-order valence-corrected chi connectivity index (χ0v) is 14.3. The summed E-state index contributed by atoms with van der Waals surface area (Å²) in [5.74, 6) is 0. The van der Waals surface area contributed by atoms with Gasteiger partial charge in [0.05, 0.1) is 10.7 Å². The Kier molecular flexibility index (Phi) is 4.51. The molecule has 1 aliphatic carbocycles. The number of hydrogen-bond acceptors (Lipinski definition) is 1. The molecule has 0 saturated heterocycles. The van der Waals surface area contributed by atoms with E-state index in [9.17, 15) is 4.79 Å². The van der Waals surface area contributed by atoms with Crippen molar-refractivity contribution in [3.8, 4) is 0 Å².